The molecule has 0 aromatic heterocycles. The Bertz CT molecular complexity index is 533. The Balaban J connectivity index is 2.36. The summed E-state index contributed by atoms with van der Waals surface area (Å²) in [4.78, 5) is 34.0. The maximum atomic E-state index is 12.7. The van der Waals surface area contributed by atoms with Crippen molar-refractivity contribution < 1.29 is 28.2 Å². The average Bonchev–Trinajstić information content (AvgIpc) is 2.47. The van der Waals surface area contributed by atoms with E-state index in [4.69, 9.17) is 9.47 Å². The monoisotopic (exact) mass is 312 g/mol. The van der Waals surface area contributed by atoms with Crippen molar-refractivity contribution in [2.24, 2.45) is 0 Å². The number of nitrogens with one attached hydrogen (secondary N) is 2. The predicted molar refractivity (Wildman–Crippen MR) is 74.7 cm³/mol. The van der Waals surface area contributed by atoms with Crippen LogP contribution in [0.25, 0.3) is 0 Å². The molecule has 0 bridgehead atoms. The summed E-state index contributed by atoms with van der Waals surface area (Å²) in [6.07, 6.45) is -0.984. The maximum Gasteiger partial charge on any atom is 0.347 e. The van der Waals surface area contributed by atoms with Crippen LogP contribution in [0, 0.1) is 5.82 Å². The van der Waals surface area contributed by atoms with Gasteiger partial charge >= 0.3 is 12.0 Å². The molecule has 120 valence electrons. The Morgan fingerprint density at radius 3 is 2.45 bits per heavy atom. The number of hydrogen-bond acceptors (Lipinski definition) is 5. The van der Waals surface area contributed by atoms with E-state index in [-0.39, 0.29) is 5.75 Å². The fourth-order valence-electron chi connectivity index (χ4n) is 1.39. The van der Waals surface area contributed by atoms with E-state index < -0.39 is 36.4 Å². The molecule has 1 rings (SSSR count). The van der Waals surface area contributed by atoms with Gasteiger partial charge in [0.15, 0.2) is 12.7 Å². The van der Waals surface area contributed by atoms with Crippen molar-refractivity contribution in [3.8, 4) is 5.75 Å². The van der Waals surface area contributed by atoms with Crippen LogP contribution < -0.4 is 15.4 Å². The van der Waals surface area contributed by atoms with Crippen LogP contribution in [-0.4, -0.2) is 37.2 Å². The molecule has 0 heterocycles. The largest absolute Gasteiger partial charge is 0.479 e. The van der Waals surface area contributed by atoms with Gasteiger partial charge in [-0.2, -0.15) is 0 Å². The topological polar surface area (TPSA) is 93.7 Å². The molecule has 0 saturated heterocycles. The van der Waals surface area contributed by atoms with E-state index in [1.807, 2.05) is 5.32 Å². The first-order valence-corrected chi connectivity index (χ1v) is 6.59. The number of urea groups is 1. The lowest BCUT2D eigenvalue weighted by molar-refractivity contribution is -0.154. The summed E-state index contributed by atoms with van der Waals surface area (Å²) in [6, 6.07) is 4.43. The number of amides is 3. The zero-order valence-electron chi connectivity index (χ0n) is 12.2. The summed E-state index contributed by atoms with van der Waals surface area (Å²) >= 11 is 0. The molecule has 8 heteroatoms. The van der Waals surface area contributed by atoms with Gasteiger partial charge in [0.2, 0.25) is 0 Å². The molecule has 22 heavy (non-hydrogen) atoms. The number of carbonyl (C=O) groups excluding carboxylic acids is 3. The molecule has 0 fully saturated rings. The van der Waals surface area contributed by atoms with Crippen molar-refractivity contribution in [2.75, 3.05) is 13.2 Å². The van der Waals surface area contributed by atoms with Gasteiger partial charge in [0.1, 0.15) is 11.6 Å². The summed E-state index contributed by atoms with van der Waals surface area (Å²) in [5.41, 5.74) is 0. The van der Waals surface area contributed by atoms with Gasteiger partial charge in [-0.3, -0.25) is 10.1 Å². The Kier molecular flexibility index (Phi) is 6.81. The Morgan fingerprint density at radius 1 is 1.23 bits per heavy atom. The fraction of sp³-hybridized carbons (Fsp3) is 0.357. The highest BCUT2D eigenvalue weighted by molar-refractivity contribution is 5.95. The van der Waals surface area contributed by atoms with Crippen LogP contribution in [0.15, 0.2) is 24.3 Å². The van der Waals surface area contributed by atoms with Crippen molar-refractivity contribution in [3.63, 3.8) is 0 Å². The van der Waals surface area contributed by atoms with E-state index in [1.54, 1.807) is 6.92 Å². The predicted octanol–water partition coefficient (Wildman–Crippen LogP) is 0.982. The standard InChI is InChI=1S/C14H17FN2O5/c1-3-16-14(20)17-12(18)8-21-13(19)9(2)22-11-6-4-10(15)5-7-11/h4-7,9H,3,8H2,1-2H3,(H2,16,17,18,20)/t9-/m0/s1. The van der Waals surface area contributed by atoms with E-state index in [2.05, 4.69) is 5.32 Å². The van der Waals surface area contributed by atoms with Gasteiger partial charge in [0.25, 0.3) is 5.91 Å². The molecule has 7 nitrogen and oxygen atoms in total. The van der Waals surface area contributed by atoms with Crippen LogP contribution in [0.4, 0.5) is 9.18 Å². The number of imide groups is 1. The molecule has 0 unspecified atom stereocenters. The zero-order valence-corrected chi connectivity index (χ0v) is 12.2. The van der Waals surface area contributed by atoms with Crippen LogP contribution in [0.2, 0.25) is 0 Å². The van der Waals surface area contributed by atoms with Crippen LogP contribution in [-0.2, 0) is 14.3 Å². The molecule has 0 radical (unpaired) electrons. The second kappa shape index (κ2) is 8.60. The smallest absolute Gasteiger partial charge is 0.347 e. The van der Waals surface area contributed by atoms with E-state index in [0.717, 1.165) is 0 Å². The van der Waals surface area contributed by atoms with Gasteiger partial charge in [0.05, 0.1) is 0 Å². The van der Waals surface area contributed by atoms with Gasteiger partial charge < -0.3 is 14.8 Å². The van der Waals surface area contributed by atoms with Crippen LogP contribution in [0.1, 0.15) is 13.8 Å². The molecule has 3 amide bonds. The number of hydrogen-bond donors (Lipinski definition) is 2. The fourth-order valence-corrected chi connectivity index (χ4v) is 1.39. The summed E-state index contributed by atoms with van der Waals surface area (Å²) in [6.45, 7) is 2.88. The zero-order chi connectivity index (χ0) is 16.5. The van der Waals surface area contributed by atoms with E-state index >= 15 is 0 Å². The lowest BCUT2D eigenvalue weighted by Gasteiger charge is -2.13. The first-order chi connectivity index (χ1) is 10.4. The molecule has 2 N–H and O–H groups in total. The average molecular weight is 312 g/mol. The SMILES string of the molecule is CCNC(=O)NC(=O)COC(=O)[C@H](C)Oc1ccc(F)cc1. The number of ether oxygens (including phenoxy) is 2. The highest BCUT2D eigenvalue weighted by Crippen LogP contribution is 2.13. The first-order valence-electron chi connectivity index (χ1n) is 6.59. The third-order valence-corrected chi connectivity index (χ3v) is 2.39. The first kappa shape index (κ1) is 17.4. The van der Waals surface area contributed by atoms with Crippen molar-refractivity contribution >= 4 is 17.9 Å². The highest BCUT2D eigenvalue weighted by Gasteiger charge is 2.18. The van der Waals surface area contributed by atoms with Crippen molar-refractivity contribution in [1.29, 1.82) is 0 Å². The molecule has 0 saturated carbocycles. The number of carbonyl (C=O) groups is 3. The summed E-state index contributed by atoms with van der Waals surface area (Å²) < 4.78 is 22.7. The second-order valence-electron chi connectivity index (χ2n) is 4.23. The Labute approximate surface area is 126 Å². The molecule has 1 aromatic carbocycles. The molecule has 1 atom stereocenters. The molecule has 0 aliphatic rings. The molecule has 0 aliphatic heterocycles. The van der Waals surface area contributed by atoms with Gasteiger partial charge in [-0.25, -0.2) is 14.0 Å². The second-order valence-corrected chi connectivity index (χ2v) is 4.23. The summed E-state index contributed by atoms with van der Waals surface area (Å²) in [5, 5.41) is 4.34. The molecular formula is C14H17FN2O5. The molecule has 0 aliphatic carbocycles. The Hall–Kier alpha value is -2.64. The normalized spacial score (nSPS) is 11.2. The van der Waals surface area contributed by atoms with Crippen molar-refractivity contribution in [1.82, 2.24) is 10.6 Å². The van der Waals surface area contributed by atoms with Gasteiger partial charge in [-0.05, 0) is 38.1 Å². The van der Waals surface area contributed by atoms with Crippen LogP contribution in [0.3, 0.4) is 0 Å². The van der Waals surface area contributed by atoms with E-state index in [9.17, 15) is 18.8 Å². The lowest BCUT2D eigenvalue weighted by atomic mass is 10.3. The summed E-state index contributed by atoms with van der Waals surface area (Å²) in [7, 11) is 0. The Morgan fingerprint density at radius 2 is 1.86 bits per heavy atom. The molecule has 1 aromatic rings. The molecular weight excluding hydrogens is 295 g/mol. The highest BCUT2D eigenvalue weighted by atomic mass is 19.1. The number of rotatable bonds is 6. The lowest BCUT2D eigenvalue weighted by Crippen LogP contribution is -2.41. The number of benzene rings is 1. The van der Waals surface area contributed by atoms with E-state index in [1.165, 1.54) is 31.2 Å². The van der Waals surface area contributed by atoms with Gasteiger partial charge in [-0.1, -0.05) is 0 Å². The van der Waals surface area contributed by atoms with Crippen LogP contribution >= 0.6 is 0 Å². The van der Waals surface area contributed by atoms with Crippen molar-refractivity contribution in [3.05, 3.63) is 30.1 Å². The van der Waals surface area contributed by atoms with Gasteiger partial charge in [0, 0.05) is 6.54 Å². The summed E-state index contributed by atoms with van der Waals surface area (Å²) in [5.74, 6) is -1.68. The van der Waals surface area contributed by atoms with Gasteiger partial charge in [-0.15, -0.1) is 0 Å². The maximum absolute atomic E-state index is 12.7. The van der Waals surface area contributed by atoms with E-state index in [0.29, 0.717) is 6.54 Å². The molecule has 0 spiro atoms. The quantitative estimate of drug-likeness (QED) is 0.764. The van der Waals surface area contributed by atoms with Crippen molar-refractivity contribution in [2.45, 2.75) is 20.0 Å². The third kappa shape index (κ3) is 6.21. The van der Waals surface area contributed by atoms with Crippen LogP contribution in [0.5, 0.6) is 5.75 Å². The number of esters is 1. The number of halogens is 1. The third-order valence-electron chi connectivity index (χ3n) is 2.39. The minimum atomic E-state index is -0.984. The minimum absolute atomic E-state index is 0.289. The minimum Gasteiger partial charge on any atom is -0.479 e.